The number of nitro groups is 1. The second-order valence-corrected chi connectivity index (χ2v) is 5.20. The first kappa shape index (κ1) is 11.9. The lowest BCUT2D eigenvalue weighted by atomic mass is 10.1. The van der Waals surface area contributed by atoms with Crippen LogP contribution >= 0.6 is 31.9 Å². The summed E-state index contributed by atoms with van der Waals surface area (Å²) in [5.74, 6) is 0. The molecule has 4 nitrogen and oxygen atoms in total. The molecule has 1 aromatic rings. The number of hydrogen-bond acceptors (Lipinski definition) is 3. The van der Waals surface area contributed by atoms with Crippen LogP contribution < -0.4 is 0 Å². The number of rotatable bonds is 2. The number of nitro benzene ring substituents is 1. The van der Waals surface area contributed by atoms with Crippen molar-refractivity contribution in [2.75, 3.05) is 0 Å². The molecule has 1 aromatic carbocycles. The molecule has 0 heterocycles. The Morgan fingerprint density at radius 2 is 1.87 bits per heavy atom. The van der Waals surface area contributed by atoms with E-state index in [1.54, 1.807) is 0 Å². The lowest BCUT2D eigenvalue weighted by molar-refractivity contribution is -0.384. The Labute approximate surface area is 103 Å². The summed E-state index contributed by atoms with van der Waals surface area (Å²) >= 11 is 6.25. The number of allylic oxidation sites excluding steroid dienone is 1. The molecule has 76 valence electrons. The smallest absolute Gasteiger partial charge is 0.258 e. The molecule has 0 saturated heterocycles. The molecular weight excluding hydrogens is 328 g/mol. The van der Waals surface area contributed by atoms with Gasteiger partial charge in [-0.3, -0.25) is 10.1 Å². The van der Waals surface area contributed by atoms with E-state index in [2.05, 4.69) is 31.9 Å². The molecular formula is C9H4Br2N2O2. The van der Waals surface area contributed by atoms with Gasteiger partial charge in [-0.25, -0.2) is 0 Å². The summed E-state index contributed by atoms with van der Waals surface area (Å²) in [5, 5.41) is 19.2. The molecule has 0 spiro atoms. The fourth-order valence-corrected chi connectivity index (χ4v) is 1.60. The molecule has 0 fully saturated rings. The molecule has 0 aliphatic rings. The highest BCUT2D eigenvalue weighted by atomic mass is 79.9. The van der Waals surface area contributed by atoms with Gasteiger partial charge < -0.3 is 0 Å². The summed E-state index contributed by atoms with van der Waals surface area (Å²) in [6.07, 6.45) is 0. The lowest BCUT2D eigenvalue weighted by Gasteiger charge is -1.98. The zero-order valence-corrected chi connectivity index (χ0v) is 10.4. The van der Waals surface area contributed by atoms with Crippen molar-refractivity contribution in [2.45, 2.75) is 0 Å². The number of non-ortho nitro benzene ring substituents is 1. The molecule has 0 aromatic heterocycles. The van der Waals surface area contributed by atoms with Crippen molar-refractivity contribution in [1.82, 2.24) is 0 Å². The van der Waals surface area contributed by atoms with E-state index < -0.39 is 4.92 Å². The van der Waals surface area contributed by atoms with Crippen molar-refractivity contribution < 1.29 is 4.92 Å². The van der Waals surface area contributed by atoms with Gasteiger partial charge in [-0.2, -0.15) is 5.26 Å². The van der Waals surface area contributed by atoms with E-state index >= 15 is 0 Å². The summed E-state index contributed by atoms with van der Waals surface area (Å²) in [7, 11) is 0. The monoisotopic (exact) mass is 330 g/mol. The first-order valence-corrected chi connectivity index (χ1v) is 5.35. The molecule has 0 radical (unpaired) electrons. The van der Waals surface area contributed by atoms with Crippen LogP contribution in [0.5, 0.6) is 0 Å². The van der Waals surface area contributed by atoms with E-state index in [0.29, 0.717) is 14.5 Å². The van der Waals surface area contributed by atoms with Gasteiger partial charge >= 0.3 is 0 Å². The number of nitrogens with zero attached hydrogens (tertiary/aromatic N) is 2. The third-order valence-corrected chi connectivity index (χ3v) is 2.46. The van der Waals surface area contributed by atoms with Gasteiger partial charge in [0, 0.05) is 12.1 Å². The van der Waals surface area contributed by atoms with Crippen LogP contribution in [0.15, 0.2) is 27.7 Å². The van der Waals surface area contributed by atoms with Gasteiger partial charge in [-0.05, 0) is 49.6 Å². The standard InChI is InChI=1S/C9H4Br2N2O2/c10-9(11)8(5-12)6-1-3-7(4-2-6)13(14)15/h1-4H. The average Bonchev–Trinajstić information content (AvgIpc) is 2.19. The Morgan fingerprint density at radius 1 is 1.33 bits per heavy atom. The topological polar surface area (TPSA) is 66.9 Å². The van der Waals surface area contributed by atoms with Gasteiger partial charge in [-0.15, -0.1) is 0 Å². The van der Waals surface area contributed by atoms with Gasteiger partial charge in [-0.1, -0.05) is 0 Å². The molecule has 0 N–H and O–H groups in total. The van der Waals surface area contributed by atoms with Crippen LogP contribution in [0, 0.1) is 21.4 Å². The summed E-state index contributed by atoms with van der Waals surface area (Å²) in [5.41, 5.74) is 1.01. The van der Waals surface area contributed by atoms with Crippen LogP contribution in [-0.2, 0) is 0 Å². The van der Waals surface area contributed by atoms with E-state index in [4.69, 9.17) is 5.26 Å². The largest absolute Gasteiger partial charge is 0.269 e. The summed E-state index contributed by atoms with van der Waals surface area (Å²) in [6.45, 7) is 0. The molecule has 0 saturated carbocycles. The summed E-state index contributed by atoms with van der Waals surface area (Å²) in [4.78, 5) is 9.91. The van der Waals surface area contributed by atoms with Crippen molar-refractivity contribution in [3.8, 4) is 6.07 Å². The number of nitriles is 1. The van der Waals surface area contributed by atoms with Gasteiger partial charge in [0.1, 0.15) is 6.07 Å². The predicted molar refractivity (Wildman–Crippen MR) is 63.5 cm³/mol. The maximum Gasteiger partial charge on any atom is 0.269 e. The van der Waals surface area contributed by atoms with Crippen molar-refractivity contribution in [1.29, 1.82) is 5.26 Å². The molecule has 0 unspecified atom stereocenters. The molecule has 6 heteroatoms. The van der Waals surface area contributed by atoms with E-state index in [1.165, 1.54) is 24.3 Å². The van der Waals surface area contributed by atoms with Crippen LogP contribution in [0.3, 0.4) is 0 Å². The highest BCUT2D eigenvalue weighted by Gasteiger charge is 2.08. The Morgan fingerprint density at radius 3 is 2.20 bits per heavy atom. The zero-order valence-electron chi connectivity index (χ0n) is 7.28. The number of benzene rings is 1. The minimum Gasteiger partial charge on any atom is -0.258 e. The van der Waals surface area contributed by atoms with Crippen molar-refractivity contribution in [2.24, 2.45) is 0 Å². The van der Waals surface area contributed by atoms with Crippen LogP contribution in [0.25, 0.3) is 5.57 Å². The van der Waals surface area contributed by atoms with Crippen LogP contribution in [0.4, 0.5) is 5.69 Å². The first-order valence-electron chi connectivity index (χ1n) is 3.76. The first-order chi connectivity index (χ1) is 7.06. The van der Waals surface area contributed by atoms with Crippen LogP contribution in [0.2, 0.25) is 0 Å². The molecule has 1 rings (SSSR count). The van der Waals surface area contributed by atoms with E-state index in [-0.39, 0.29) is 5.69 Å². The lowest BCUT2D eigenvalue weighted by Crippen LogP contribution is -1.88. The van der Waals surface area contributed by atoms with Gasteiger partial charge in [0.2, 0.25) is 0 Å². The Bertz CT molecular complexity index is 456. The fourth-order valence-electron chi connectivity index (χ4n) is 0.966. The summed E-state index contributed by atoms with van der Waals surface area (Å²) in [6, 6.07) is 7.75. The molecule has 15 heavy (non-hydrogen) atoms. The third-order valence-electron chi connectivity index (χ3n) is 1.67. The van der Waals surface area contributed by atoms with Gasteiger partial charge in [0.15, 0.2) is 0 Å². The van der Waals surface area contributed by atoms with E-state index in [0.717, 1.165) is 0 Å². The van der Waals surface area contributed by atoms with Gasteiger partial charge in [0.05, 0.1) is 13.9 Å². The van der Waals surface area contributed by atoms with Crippen LogP contribution in [-0.4, -0.2) is 4.92 Å². The maximum absolute atomic E-state index is 10.4. The predicted octanol–water partition coefficient (Wildman–Crippen LogP) is 3.58. The van der Waals surface area contributed by atoms with Gasteiger partial charge in [0.25, 0.3) is 5.69 Å². The van der Waals surface area contributed by atoms with E-state index in [1.807, 2.05) is 6.07 Å². The van der Waals surface area contributed by atoms with Crippen molar-refractivity contribution >= 4 is 43.1 Å². The molecule has 0 bridgehead atoms. The second-order valence-electron chi connectivity index (χ2n) is 2.55. The average molecular weight is 332 g/mol. The Balaban J connectivity index is 3.16. The number of halogens is 2. The second kappa shape index (κ2) is 5.05. The maximum atomic E-state index is 10.4. The molecule has 0 aliphatic heterocycles. The minimum atomic E-state index is -0.483. The molecule has 0 aliphatic carbocycles. The highest BCUT2D eigenvalue weighted by Crippen LogP contribution is 2.27. The zero-order chi connectivity index (χ0) is 11.4. The SMILES string of the molecule is N#CC(=C(Br)Br)c1ccc([N+](=O)[O-])cc1. The third kappa shape index (κ3) is 2.88. The van der Waals surface area contributed by atoms with Crippen molar-refractivity contribution in [3.05, 3.63) is 43.3 Å². The summed E-state index contributed by atoms with van der Waals surface area (Å²) < 4.78 is 0.520. The Kier molecular flexibility index (Phi) is 4.00. The number of hydrogen-bond donors (Lipinski definition) is 0. The fraction of sp³-hybridized carbons (Fsp3) is 0. The normalized spacial score (nSPS) is 9.13. The molecule has 0 atom stereocenters. The van der Waals surface area contributed by atoms with Crippen LogP contribution in [0.1, 0.15) is 5.56 Å². The molecule has 0 amide bonds. The minimum absolute atomic E-state index is 0.00161. The highest BCUT2D eigenvalue weighted by molar-refractivity contribution is 9.28. The van der Waals surface area contributed by atoms with E-state index in [9.17, 15) is 10.1 Å². The Hall–Kier alpha value is -1.19. The van der Waals surface area contributed by atoms with Crippen molar-refractivity contribution in [3.63, 3.8) is 0 Å². The quantitative estimate of drug-likeness (QED) is 0.472.